The summed E-state index contributed by atoms with van der Waals surface area (Å²) >= 11 is 1.57. The van der Waals surface area contributed by atoms with Crippen LogP contribution in [0.3, 0.4) is 0 Å². The van der Waals surface area contributed by atoms with Crippen LogP contribution in [0.25, 0.3) is 0 Å². The minimum absolute atomic E-state index is 0. The molecule has 1 rings (SSSR count). The summed E-state index contributed by atoms with van der Waals surface area (Å²) < 4.78 is 0. The van der Waals surface area contributed by atoms with Crippen LogP contribution in [0.1, 0.15) is 51.4 Å². The molecule has 1 unspecified atom stereocenters. The third-order valence-corrected chi connectivity index (χ3v) is 3.46. The Morgan fingerprint density at radius 1 is 1.37 bits per heavy atom. The average molecular weight is 328 g/mol. The number of halogens is 2. The molecule has 0 spiro atoms. The summed E-state index contributed by atoms with van der Waals surface area (Å²) in [6.07, 6.45) is 0. The average Bonchev–Trinajstić information content (AvgIpc) is 2.65. The van der Waals surface area contributed by atoms with E-state index in [1.807, 2.05) is 12.3 Å². The molecule has 0 saturated carbocycles. The van der Waals surface area contributed by atoms with Crippen LogP contribution < -0.4 is 11.1 Å². The lowest BCUT2D eigenvalue weighted by Gasteiger charge is -2.15. The molecule has 0 aliphatic carbocycles. The number of nitrogens with one attached hydrogen (secondary N) is 1. The lowest BCUT2D eigenvalue weighted by molar-refractivity contribution is -0.122. The van der Waals surface area contributed by atoms with E-state index < -0.39 is 6.04 Å². The minimum Gasteiger partial charge on any atom is -0.346 e. The van der Waals surface area contributed by atoms with Crippen LogP contribution in [-0.2, 0) is 10.2 Å². The van der Waals surface area contributed by atoms with Gasteiger partial charge in [0.05, 0.1) is 17.8 Å². The molecular formula is C12H23Cl2N3OS. The normalized spacial score (nSPS) is 13.8. The first kappa shape index (κ1) is 20.9. The second-order valence-electron chi connectivity index (χ2n) is 5.34. The van der Waals surface area contributed by atoms with Gasteiger partial charge in [0.25, 0.3) is 0 Å². The molecule has 7 heteroatoms. The summed E-state index contributed by atoms with van der Waals surface area (Å²) in [4.78, 5) is 16.0. The van der Waals surface area contributed by atoms with Crippen molar-refractivity contribution in [3.05, 3.63) is 16.1 Å². The number of carbonyl (C=O) groups is 1. The number of amides is 1. The summed E-state index contributed by atoms with van der Waals surface area (Å²) in [5.41, 5.74) is 6.60. The van der Waals surface area contributed by atoms with E-state index >= 15 is 0 Å². The molecule has 112 valence electrons. The SMILES string of the molecule is CC(NC(=O)[C@@H](C)N)c1nc(C(C)(C)C)cs1.Cl.Cl. The van der Waals surface area contributed by atoms with Crippen molar-refractivity contribution >= 4 is 42.1 Å². The van der Waals surface area contributed by atoms with Crippen molar-refractivity contribution in [3.63, 3.8) is 0 Å². The zero-order valence-electron chi connectivity index (χ0n) is 11.9. The Bertz CT molecular complexity index is 402. The van der Waals surface area contributed by atoms with Gasteiger partial charge < -0.3 is 11.1 Å². The van der Waals surface area contributed by atoms with Crippen molar-refractivity contribution in [2.24, 2.45) is 5.73 Å². The van der Waals surface area contributed by atoms with E-state index in [1.54, 1.807) is 18.3 Å². The Morgan fingerprint density at radius 2 is 1.89 bits per heavy atom. The predicted molar refractivity (Wildman–Crippen MR) is 85.5 cm³/mol. The number of hydrogen-bond acceptors (Lipinski definition) is 4. The fourth-order valence-electron chi connectivity index (χ4n) is 1.24. The molecule has 19 heavy (non-hydrogen) atoms. The monoisotopic (exact) mass is 327 g/mol. The van der Waals surface area contributed by atoms with Crippen molar-refractivity contribution in [2.75, 3.05) is 0 Å². The van der Waals surface area contributed by atoms with E-state index in [-0.39, 0.29) is 42.2 Å². The Balaban J connectivity index is 0. The highest BCUT2D eigenvalue weighted by Gasteiger charge is 2.20. The molecular weight excluding hydrogens is 305 g/mol. The second-order valence-corrected chi connectivity index (χ2v) is 6.23. The maximum absolute atomic E-state index is 11.5. The van der Waals surface area contributed by atoms with E-state index in [4.69, 9.17) is 5.73 Å². The van der Waals surface area contributed by atoms with Gasteiger partial charge >= 0.3 is 0 Å². The lowest BCUT2D eigenvalue weighted by Crippen LogP contribution is -2.39. The van der Waals surface area contributed by atoms with Gasteiger partial charge in [0.15, 0.2) is 0 Å². The Labute approximate surface area is 131 Å². The molecule has 3 N–H and O–H groups in total. The molecule has 1 aromatic heterocycles. The molecule has 0 fully saturated rings. The van der Waals surface area contributed by atoms with Gasteiger partial charge in [-0.05, 0) is 13.8 Å². The number of aromatic nitrogens is 1. The van der Waals surface area contributed by atoms with E-state index in [9.17, 15) is 4.79 Å². The predicted octanol–water partition coefficient (Wildman–Crippen LogP) is 2.81. The third-order valence-electron chi connectivity index (χ3n) is 2.43. The van der Waals surface area contributed by atoms with Crippen LogP contribution in [0.5, 0.6) is 0 Å². The van der Waals surface area contributed by atoms with Gasteiger partial charge in [-0.3, -0.25) is 4.79 Å². The van der Waals surface area contributed by atoms with Gasteiger partial charge in [-0.1, -0.05) is 20.8 Å². The van der Waals surface area contributed by atoms with Crippen molar-refractivity contribution in [1.29, 1.82) is 0 Å². The highest BCUT2D eigenvalue weighted by Crippen LogP contribution is 2.26. The summed E-state index contributed by atoms with van der Waals surface area (Å²) in [6.45, 7) is 9.96. The zero-order valence-corrected chi connectivity index (χ0v) is 14.3. The standard InChI is InChI=1S/C12H21N3OS.2ClH/c1-7(13)10(16)14-8(2)11-15-9(6-17-11)12(3,4)5;;/h6-8H,13H2,1-5H3,(H,14,16);2*1H/t7-,8?;;/m1../s1. The fourth-order valence-corrected chi connectivity index (χ4v) is 2.29. The van der Waals surface area contributed by atoms with Crippen LogP contribution >= 0.6 is 36.2 Å². The van der Waals surface area contributed by atoms with Crippen LogP contribution in [-0.4, -0.2) is 16.9 Å². The molecule has 0 aromatic carbocycles. The van der Waals surface area contributed by atoms with Gasteiger partial charge in [0.2, 0.25) is 5.91 Å². The molecule has 1 heterocycles. The molecule has 1 aromatic rings. The Morgan fingerprint density at radius 3 is 2.26 bits per heavy atom. The van der Waals surface area contributed by atoms with Crippen LogP contribution in [0.4, 0.5) is 0 Å². The van der Waals surface area contributed by atoms with Gasteiger partial charge in [-0.2, -0.15) is 0 Å². The summed E-state index contributed by atoms with van der Waals surface area (Å²) in [5, 5.41) is 5.81. The number of nitrogens with zero attached hydrogens (tertiary/aromatic N) is 1. The first-order chi connectivity index (χ1) is 7.71. The smallest absolute Gasteiger partial charge is 0.237 e. The topological polar surface area (TPSA) is 68.0 Å². The van der Waals surface area contributed by atoms with Gasteiger partial charge in [0.1, 0.15) is 5.01 Å². The van der Waals surface area contributed by atoms with E-state index in [2.05, 4.69) is 31.1 Å². The van der Waals surface area contributed by atoms with Crippen LogP contribution in [0.15, 0.2) is 5.38 Å². The molecule has 1 amide bonds. The quantitative estimate of drug-likeness (QED) is 0.896. The number of carbonyl (C=O) groups excluding carboxylic acids is 1. The summed E-state index contributed by atoms with van der Waals surface area (Å²) in [6, 6.07) is -0.575. The minimum atomic E-state index is -0.487. The Kier molecular flexibility index (Phi) is 8.87. The fraction of sp³-hybridized carbons (Fsp3) is 0.667. The molecule has 2 atom stereocenters. The van der Waals surface area contributed by atoms with Crippen molar-refractivity contribution in [3.8, 4) is 0 Å². The highest BCUT2D eigenvalue weighted by molar-refractivity contribution is 7.09. The largest absolute Gasteiger partial charge is 0.346 e. The van der Waals surface area contributed by atoms with Gasteiger partial charge in [0, 0.05) is 10.8 Å². The van der Waals surface area contributed by atoms with Crippen molar-refractivity contribution in [1.82, 2.24) is 10.3 Å². The van der Waals surface area contributed by atoms with E-state index in [1.165, 1.54) is 0 Å². The zero-order chi connectivity index (χ0) is 13.2. The van der Waals surface area contributed by atoms with Crippen molar-refractivity contribution in [2.45, 2.75) is 52.1 Å². The molecule has 0 bridgehead atoms. The Hall–Kier alpha value is -0.360. The number of hydrogen-bond donors (Lipinski definition) is 2. The second kappa shape index (κ2) is 8.04. The van der Waals surface area contributed by atoms with Gasteiger partial charge in [-0.25, -0.2) is 4.98 Å². The van der Waals surface area contributed by atoms with Crippen molar-refractivity contribution < 1.29 is 4.79 Å². The number of rotatable bonds is 3. The van der Waals surface area contributed by atoms with Gasteiger partial charge in [-0.15, -0.1) is 36.2 Å². The molecule has 0 saturated heterocycles. The lowest BCUT2D eigenvalue weighted by atomic mass is 9.93. The number of thiazole rings is 1. The van der Waals surface area contributed by atoms with E-state index in [0.29, 0.717) is 0 Å². The number of nitrogens with two attached hydrogens (primary N) is 1. The highest BCUT2D eigenvalue weighted by atomic mass is 35.5. The maximum Gasteiger partial charge on any atom is 0.237 e. The first-order valence-electron chi connectivity index (χ1n) is 5.73. The molecule has 0 radical (unpaired) electrons. The molecule has 0 aliphatic heterocycles. The molecule has 4 nitrogen and oxygen atoms in total. The van der Waals surface area contributed by atoms with Crippen LogP contribution in [0, 0.1) is 0 Å². The maximum atomic E-state index is 11.5. The van der Waals surface area contributed by atoms with E-state index in [0.717, 1.165) is 10.7 Å². The molecule has 0 aliphatic rings. The summed E-state index contributed by atoms with van der Waals surface area (Å²) in [5.74, 6) is -0.148. The third kappa shape index (κ3) is 6.08. The van der Waals surface area contributed by atoms with Crippen LogP contribution in [0.2, 0.25) is 0 Å². The first-order valence-corrected chi connectivity index (χ1v) is 6.61. The summed E-state index contributed by atoms with van der Waals surface area (Å²) in [7, 11) is 0.